The van der Waals surface area contributed by atoms with Gasteiger partial charge in [-0.05, 0) is 107 Å². The van der Waals surface area contributed by atoms with Gasteiger partial charge in [0.15, 0.2) is 0 Å². The molecule has 0 saturated carbocycles. The van der Waals surface area contributed by atoms with E-state index in [4.69, 9.17) is 4.55 Å². The van der Waals surface area contributed by atoms with E-state index >= 15 is 0 Å². The van der Waals surface area contributed by atoms with Crippen LogP contribution in [-0.2, 0) is 41.8 Å². The Bertz CT molecular complexity index is 2120. The minimum Gasteiger partial charge on any atom is -0.507 e. The third kappa shape index (κ3) is 13.4. The molecule has 3 aromatic rings. The lowest BCUT2D eigenvalue weighted by molar-refractivity contribution is -0.135. The van der Waals surface area contributed by atoms with Gasteiger partial charge in [-0.3, -0.25) is 14.1 Å². The van der Waals surface area contributed by atoms with E-state index in [0.717, 1.165) is 6.08 Å². The summed E-state index contributed by atoms with van der Waals surface area (Å²) in [4.78, 5) is 36.7. The van der Waals surface area contributed by atoms with Gasteiger partial charge in [-0.15, -0.1) is 0 Å². The Labute approximate surface area is 340 Å². The van der Waals surface area contributed by atoms with Crippen molar-refractivity contribution in [1.29, 1.82) is 0 Å². The molecule has 0 fully saturated rings. The van der Waals surface area contributed by atoms with Crippen molar-refractivity contribution in [1.82, 2.24) is 10.6 Å². The van der Waals surface area contributed by atoms with E-state index in [9.17, 15) is 53.6 Å². The zero-order valence-electron chi connectivity index (χ0n) is 27.2. The highest BCUT2D eigenvalue weighted by atomic mass is 79.9. The first-order valence-corrected chi connectivity index (χ1v) is 21.0. The number of phenolic OH excluding ortho intramolecular Hbond substituents is 3. The summed E-state index contributed by atoms with van der Waals surface area (Å²) in [5.74, 6) is -4.09. The molecule has 0 saturated heterocycles. The first kappa shape index (κ1) is 44.4. The van der Waals surface area contributed by atoms with Crippen LogP contribution >= 0.6 is 69.4 Å². The SMILES string of the molecule is O=C(O)C(=Cc1cc(Br)c(O)c(-c2cc(CC(=NO)C(=O)NCCSSCCNC(=O)C(Cc3ccc(O)c(Br)c3)=NO)cc(Br)c2O)c1)OS(=O)(=O)O. The first-order chi connectivity index (χ1) is 25.4. The monoisotopic (exact) mass is 998 g/mol. The molecule has 23 heteroatoms. The van der Waals surface area contributed by atoms with Crippen molar-refractivity contribution in [3.8, 4) is 28.4 Å². The third-order valence-corrected chi connectivity index (χ3v) is 11.4. The third-order valence-electron chi connectivity index (χ3n) is 6.75. The number of oxime groups is 2. The summed E-state index contributed by atoms with van der Waals surface area (Å²) in [5, 5.41) is 70.9. The van der Waals surface area contributed by atoms with Crippen molar-refractivity contribution in [2.45, 2.75) is 12.8 Å². The van der Waals surface area contributed by atoms with Gasteiger partial charge >= 0.3 is 16.4 Å². The minimum absolute atomic E-state index is 0.00227. The average Bonchev–Trinajstić information content (AvgIpc) is 3.10. The van der Waals surface area contributed by atoms with Crippen LogP contribution in [0.5, 0.6) is 17.2 Å². The van der Waals surface area contributed by atoms with Gasteiger partial charge in [-0.2, -0.15) is 8.42 Å². The lowest BCUT2D eigenvalue weighted by atomic mass is 9.97. The minimum atomic E-state index is -5.19. The molecule has 0 bridgehead atoms. The van der Waals surface area contributed by atoms with E-state index < -0.39 is 39.7 Å². The van der Waals surface area contributed by atoms with Crippen LogP contribution in [0, 0.1) is 0 Å². The number of hydrogen-bond acceptors (Lipinski definition) is 15. The van der Waals surface area contributed by atoms with E-state index in [1.54, 1.807) is 12.1 Å². The van der Waals surface area contributed by atoms with Gasteiger partial charge in [0, 0.05) is 48.6 Å². The Hall–Kier alpha value is -4.00. The zero-order valence-corrected chi connectivity index (χ0v) is 34.4. The van der Waals surface area contributed by atoms with Crippen LogP contribution in [0.3, 0.4) is 0 Å². The largest absolute Gasteiger partial charge is 0.507 e. The average molecular weight is 1000 g/mol. The fraction of sp³-hybridized carbons (Fsp3) is 0.194. The highest BCUT2D eigenvalue weighted by Gasteiger charge is 2.22. The molecule has 0 radical (unpaired) electrons. The van der Waals surface area contributed by atoms with E-state index in [1.807, 2.05) is 0 Å². The Morgan fingerprint density at radius 2 is 1.26 bits per heavy atom. The summed E-state index contributed by atoms with van der Waals surface area (Å²) in [5.41, 5.74) is 0.438. The van der Waals surface area contributed by atoms with E-state index in [1.165, 1.54) is 51.9 Å². The molecular weight excluding hydrogens is 972 g/mol. The molecule has 9 N–H and O–H groups in total. The van der Waals surface area contributed by atoms with Crippen LogP contribution in [0.4, 0.5) is 0 Å². The highest BCUT2D eigenvalue weighted by Crippen LogP contribution is 2.44. The van der Waals surface area contributed by atoms with Crippen LogP contribution in [0.2, 0.25) is 0 Å². The second-order valence-electron chi connectivity index (χ2n) is 10.6. The standard InChI is InChI=1S/C31H29Br3N4O13S3/c32-20-9-15(1-2-25(20)39)12-23(37-46)29(42)35-3-5-52-53-6-4-36-30(43)24(38-47)13-16-7-18(27(40)21(33)10-16)19-8-17(11-22(34)28(19)41)14-26(31(44)45)51-54(48,49)50/h1-2,7-11,14,39-41,46-47H,3-6,12-13H2,(H,35,42)(H,36,43)(H,44,45)(H,48,49,50). The molecular formula is C31H29Br3N4O13S3. The number of nitrogens with one attached hydrogen (secondary N) is 2. The second kappa shape index (κ2) is 20.6. The van der Waals surface area contributed by atoms with Gasteiger partial charge in [0.25, 0.3) is 11.8 Å². The number of halogens is 3. The van der Waals surface area contributed by atoms with Crippen molar-refractivity contribution < 1.29 is 62.4 Å². The number of carbonyl (C=O) groups excluding carboxylic acids is 2. The summed E-state index contributed by atoms with van der Waals surface area (Å²) in [6, 6.07) is 9.85. The molecule has 54 heavy (non-hydrogen) atoms. The Balaban J connectivity index is 1.57. The molecule has 0 unspecified atom stereocenters. The molecule has 17 nitrogen and oxygen atoms in total. The van der Waals surface area contributed by atoms with Gasteiger partial charge in [-0.25, -0.2) is 4.79 Å². The van der Waals surface area contributed by atoms with Crippen molar-refractivity contribution in [3.05, 3.63) is 78.3 Å². The summed E-state index contributed by atoms with van der Waals surface area (Å²) in [6.45, 7) is 0.436. The summed E-state index contributed by atoms with van der Waals surface area (Å²) in [6.07, 6.45) is 0.545. The Kier molecular flexibility index (Phi) is 17.0. The van der Waals surface area contributed by atoms with E-state index in [-0.39, 0.29) is 74.5 Å². The maximum absolute atomic E-state index is 12.8. The fourth-order valence-corrected chi connectivity index (χ4v) is 7.93. The lowest BCUT2D eigenvalue weighted by Crippen LogP contribution is -2.34. The molecule has 290 valence electrons. The number of amides is 2. The molecule has 0 aliphatic rings. The van der Waals surface area contributed by atoms with Gasteiger partial charge in [0.2, 0.25) is 5.76 Å². The zero-order chi connectivity index (χ0) is 40.2. The molecule has 3 rings (SSSR count). The predicted octanol–water partition coefficient (Wildman–Crippen LogP) is 5.06. The topological polar surface area (TPSA) is 285 Å². The normalized spacial score (nSPS) is 12.3. The lowest BCUT2D eigenvalue weighted by Gasteiger charge is -2.14. The number of carboxylic acids is 1. The molecule has 0 aliphatic carbocycles. The number of aromatic hydroxyl groups is 3. The maximum Gasteiger partial charge on any atom is 0.446 e. The molecule has 0 atom stereocenters. The number of carboxylic acid groups (broad SMARTS) is 1. The number of nitrogens with zero attached hydrogens (tertiary/aromatic N) is 2. The number of phenols is 3. The number of benzene rings is 3. The quantitative estimate of drug-likeness (QED) is 0.0118. The predicted molar refractivity (Wildman–Crippen MR) is 211 cm³/mol. The van der Waals surface area contributed by atoms with Crippen LogP contribution < -0.4 is 10.6 Å². The number of rotatable bonds is 18. The van der Waals surface area contributed by atoms with Crippen molar-refractivity contribution in [2.75, 3.05) is 24.6 Å². The molecule has 0 heterocycles. The molecule has 2 amide bonds. The number of aliphatic carboxylic acids is 1. The highest BCUT2D eigenvalue weighted by molar-refractivity contribution is 9.11. The van der Waals surface area contributed by atoms with Crippen LogP contribution in [0.25, 0.3) is 17.2 Å². The van der Waals surface area contributed by atoms with Crippen LogP contribution in [0.15, 0.2) is 72.0 Å². The molecule has 0 aliphatic heterocycles. The van der Waals surface area contributed by atoms with Crippen molar-refractivity contribution >= 4 is 115 Å². The van der Waals surface area contributed by atoms with Gasteiger partial charge in [-0.1, -0.05) is 38.0 Å². The van der Waals surface area contributed by atoms with Gasteiger partial charge < -0.3 is 45.7 Å². The molecule has 0 spiro atoms. The summed E-state index contributed by atoms with van der Waals surface area (Å²) in [7, 11) is -2.38. The van der Waals surface area contributed by atoms with Crippen LogP contribution in [-0.4, -0.2) is 97.6 Å². The Morgan fingerprint density at radius 3 is 1.76 bits per heavy atom. The van der Waals surface area contributed by atoms with Gasteiger partial charge in [0.1, 0.15) is 28.7 Å². The number of carbonyl (C=O) groups is 3. The molecule has 0 aromatic heterocycles. The molecule has 3 aromatic carbocycles. The second-order valence-corrected chi connectivity index (χ2v) is 16.9. The summed E-state index contributed by atoms with van der Waals surface area (Å²) < 4.78 is 35.8. The van der Waals surface area contributed by atoms with E-state index in [2.05, 4.69) is 72.9 Å². The van der Waals surface area contributed by atoms with Gasteiger partial charge in [0.05, 0.1) is 13.4 Å². The van der Waals surface area contributed by atoms with Crippen molar-refractivity contribution in [2.24, 2.45) is 10.3 Å². The fourth-order valence-electron chi connectivity index (χ4n) is 4.36. The van der Waals surface area contributed by atoms with E-state index in [0.29, 0.717) is 27.1 Å². The maximum atomic E-state index is 12.8. The smallest absolute Gasteiger partial charge is 0.446 e. The van der Waals surface area contributed by atoms with Crippen molar-refractivity contribution in [3.63, 3.8) is 0 Å². The first-order valence-electron chi connectivity index (χ1n) is 14.8. The Morgan fingerprint density at radius 1 is 0.759 bits per heavy atom. The summed E-state index contributed by atoms with van der Waals surface area (Å²) >= 11 is 9.51. The number of hydrogen-bond donors (Lipinski definition) is 9. The van der Waals surface area contributed by atoms with Crippen LogP contribution in [0.1, 0.15) is 16.7 Å².